The van der Waals surface area contributed by atoms with Gasteiger partial charge in [0.1, 0.15) is 22.6 Å². The molecule has 5 N–H and O–H groups in total. The Bertz CT molecular complexity index is 1060. The van der Waals surface area contributed by atoms with Crippen LogP contribution in [0.1, 0.15) is 16.1 Å². The number of aliphatic hydroxyl groups is 1. The van der Waals surface area contributed by atoms with Crippen LogP contribution < -0.4 is 5.32 Å². The number of hydrogen-bond donors (Lipinski definition) is 5. The molecular formula is C18H17N5O3S. The summed E-state index contributed by atoms with van der Waals surface area (Å²) in [7, 11) is 0. The smallest absolute Gasteiger partial charge is 0.253 e. The number of aromatic nitrogens is 4. The normalized spacial score (nSPS) is 12.3. The first-order valence-corrected chi connectivity index (χ1v) is 9.18. The van der Waals surface area contributed by atoms with Crippen LogP contribution in [0.5, 0.6) is 5.75 Å². The molecule has 27 heavy (non-hydrogen) atoms. The molecule has 0 saturated carbocycles. The predicted molar refractivity (Wildman–Crippen MR) is 102 cm³/mol. The fourth-order valence-electron chi connectivity index (χ4n) is 2.88. The zero-order valence-electron chi connectivity index (χ0n) is 14.1. The molecule has 9 heteroatoms. The Hall–Kier alpha value is -3.17. The third kappa shape index (κ3) is 3.42. The molecule has 0 saturated heterocycles. The van der Waals surface area contributed by atoms with Gasteiger partial charge in [0, 0.05) is 18.3 Å². The van der Waals surface area contributed by atoms with Crippen molar-refractivity contribution in [3.05, 3.63) is 53.4 Å². The van der Waals surface area contributed by atoms with E-state index >= 15 is 0 Å². The number of carbonyl (C=O) groups excluding carboxylic acids is 1. The molecule has 0 aliphatic heterocycles. The van der Waals surface area contributed by atoms with Gasteiger partial charge in [-0.05, 0) is 23.6 Å². The van der Waals surface area contributed by atoms with Gasteiger partial charge >= 0.3 is 0 Å². The molecule has 0 unspecified atom stereocenters. The Kier molecular flexibility index (Phi) is 4.61. The fourth-order valence-corrected chi connectivity index (χ4v) is 3.55. The highest BCUT2D eigenvalue weighted by Crippen LogP contribution is 2.30. The summed E-state index contributed by atoms with van der Waals surface area (Å²) in [6.07, 6.45) is 3.62. The number of carbonyl (C=O) groups is 1. The summed E-state index contributed by atoms with van der Waals surface area (Å²) in [5, 5.41) is 24.5. The number of nitrogens with one attached hydrogen (secondary N) is 3. The summed E-state index contributed by atoms with van der Waals surface area (Å²) in [6, 6.07) is 6.32. The van der Waals surface area contributed by atoms with Crippen molar-refractivity contribution in [2.24, 2.45) is 0 Å². The van der Waals surface area contributed by atoms with E-state index in [1.165, 1.54) is 23.5 Å². The number of aliphatic hydroxyl groups excluding tert-OH is 1. The first kappa shape index (κ1) is 17.3. The number of aromatic hydroxyl groups is 1. The number of phenols is 1. The molecule has 0 spiro atoms. The molecule has 8 nitrogen and oxygen atoms in total. The zero-order chi connectivity index (χ0) is 18.8. The number of hydrogen-bond acceptors (Lipinski definition) is 6. The second-order valence-corrected chi connectivity index (χ2v) is 7.00. The maximum atomic E-state index is 12.8. The molecule has 4 aromatic rings. The lowest BCUT2D eigenvalue weighted by molar-refractivity contribution is 0.0918. The van der Waals surface area contributed by atoms with Crippen molar-refractivity contribution in [1.29, 1.82) is 0 Å². The van der Waals surface area contributed by atoms with Crippen LogP contribution in [-0.2, 0) is 6.42 Å². The Morgan fingerprint density at radius 2 is 2.22 bits per heavy atom. The summed E-state index contributed by atoms with van der Waals surface area (Å²) in [4.78, 5) is 28.1. The van der Waals surface area contributed by atoms with Gasteiger partial charge in [-0.3, -0.25) is 4.79 Å². The Balaban J connectivity index is 1.64. The highest BCUT2D eigenvalue weighted by molar-refractivity contribution is 7.13. The molecule has 138 valence electrons. The maximum absolute atomic E-state index is 12.8. The monoisotopic (exact) mass is 383 g/mol. The minimum absolute atomic E-state index is 0.0213. The van der Waals surface area contributed by atoms with Crippen molar-refractivity contribution in [3.8, 4) is 16.5 Å². The van der Waals surface area contributed by atoms with Crippen molar-refractivity contribution in [3.63, 3.8) is 0 Å². The van der Waals surface area contributed by atoms with Gasteiger partial charge in [0.15, 0.2) is 0 Å². The summed E-state index contributed by atoms with van der Waals surface area (Å²) in [5.74, 6) is 0.238. The highest BCUT2D eigenvalue weighted by atomic mass is 32.1. The molecule has 3 aromatic heterocycles. The highest BCUT2D eigenvalue weighted by Gasteiger charge is 2.20. The number of nitrogens with zero attached hydrogens (tertiary/aromatic N) is 2. The maximum Gasteiger partial charge on any atom is 0.253 e. The summed E-state index contributed by atoms with van der Waals surface area (Å²) in [6.45, 7) is -0.215. The molecular weight excluding hydrogens is 366 g/mol. The Morgan fingerprint density at radius 1 is 1.33 bits per heavy atom. The average Bonchev–Trinajstić information content (AvgIpc) is 3.41. The molecule has 1 amide bonds. The average molecular weight is 383 g/mol. The fraction of sp³-hybridized carbons (Fsp3) is 0.167. The number of aromatic amines is 2. The number of rotatable bonds is 6. The first-order valence-electron chi connectivity index (χ1n) is 8.30. The molecule has 1 atom stereocenters. The standard InChI is InChI=1S/C18H17N5O3S/c24-8-11(6-10-7-19-9-20-10)21-18(26)12-3-4-13(25)16-15(12)22-17(23-16)14-2-1-5-27-14/h1-5,7,9,11,24-25H,6,8H2,(H,19,20)(H,21,26)(H,22,23)/t11-/m1/s1. The van der Waals surface area contributed by atoms with Crippen LogP contribution in [0.2, 0.25) is 0 Å². The van der Waals surface area contributed by atoms with E-state index < -0.39 is 6.04 Å². The Labute approximate surface area is 157 Å². The molecule has 4 rings (SSSR count). The van der Waals surface area contributed by atoms with E-state index in [-0.39, 0.29) is 18.3 Å². The van der Waals surface area contributed by atoms with Gasteiger partial charge in [0.2, 0.25) is 0 Å². The quantitative estimate of drug-likeness (QED) is 0.348. The van der Waals surface area contributed by atoms with Gasteiger partial charge in [-0.1, -0.05) is 6.07 Å². The number of imidazole rings is 2. The number of thiophene rings is 1. The lowest BCUT2D eigenvalue weighted by atomic mass is 10.1. The van der Waals surface area contributed by atoms with Crippen LogP contribution in [-0.4, -0.2) is 48.7 Å². The van der Waals surface area contributed by atoms with E-state index in [2.05, 4.69) is 25.3 Å². The van der Waals surface area contributed by atoms with Crippen LogP contribution in [0, 0.1) is 0 Å². The minimum Gasteiger partial charge on any atom is -0.506 e. The molecule has 0 bridgehead atoms. The van der Waals surface area contributed by atoms with E-state index in [1.54, 1.807) is 12.5 Å². The van der Waals surface area contributed by atoms with Crippen LogP contribution in [0.15, 0.2) is 42.2 Å². The van der Waals surface area contributed by atoms with Crippen LogP contribution in [0.4, 0.5) is 0 Å². The number of benzene rings is 1. The minimum atomic E-state index is -0.475. The van der Waals surface area contributed by atoms with Gasteiger partial charge in [-0.25, -0.2) is 9.97 Å². The van der Waals surface area contributed by atoms with E-state index in [0.717, 1.165) is 10.6 Å². The third-order valence-corrected chi connectivity index (χ3v) is 5.08. The third-order valence-electron chi connectivity index (χ3n) is 4.20. The number of H-pyrrole nitrogens is 2. The topological polar surface area (TPSA) is 127 Å². The van der Waals surface area contributed by atoms with Crippen molar-refractivity contribution >= 4 is 28.3 Å². The zero-order valence-corrected chi connectivity index (χ0v) is 15.0. The van der Waals surface area contributed by atoms with E-state index in [0.29, 0.717) is 28.8 Å². The number of fused-ring (bicyclic) bond motifs is 1. The second-order valence-electron chi connectivity index (χ2n) is 6.05. The van der Waals surface area contributed by atoms with Crippen LogP contribution >= 0.6 is 11.3 Å². The SMILES string of the molecule is O=C(N[C@@H](CO)Cc1cnc[nH]1)c1ccc(O)c2[nH]c(-c3cccs3)nc12. The molecule has 0 aliphatic rings. The summed E-state index contributed by atoms with van der Waals surface area (Å²) < 4.78 is 0. The molecule has 0 fully saturated rings. The first-order chi connectivity index (χ1) is 13.2. The van der Waals surface area contributed by atoms with Crippen molar-refractivity contribution in [1.82, 2.24) is 25.3 Å². The van der Waals surface area contributed by atoms with E-state index in [4.69, 9.17) is 0 Å². The molecule has 0 aliphatic carbocycles. The van der Waals surface area contributed by atoms with Crippen LogP contribution in [0.25, 0.3) is 21.7 Å². The van der Waals surface area contributed by atoms with E-state index in [9.17, 15) is 15.0 Å². The Morgan fingerprint density at radius 3 is 2.93 bits per heavy atom. The van der Waals surface area contributed by atoms with Crippen molar-refractivity contribution in [2.75, 3.05) is 6.61 Å². The van der Waals surface area contributed by atoms with E-state index in [1.807, 2.05) is 17.5 Å². The molecule has 1 aromatic carbocycles. The summed E-state index contributed by atoms with van der Waals surface area (Å²) >= 11 is 1.51. The van der Waals surface area contributed by atoms with Crippen molar-refractivity contribution < 1.29 is 15.0 Å². The van der Waals surface area contributed by atoms with Gasteiger partial charge in [-0.15, -0.1) is 11.3 Å². The summed E-state index contributed by atoms with van der Waals surface area (Å²) in [5.41, 5.74) is 1.92. The molecule has 0 radical (unpaired) electrons. The lowest BCUT2D eigenvalue weighted by Gasteiger charge is -2.15. The van der Waals surface area contributed by atoms with Gasteiger partial charge in [0.05, 0.1) is 29.4 Å². The van der Waals surface area contributed by atoms with Gasteiger partial charge in [-0.2, -0.15) is 0 Å². The van der Waals surface area contributed by atoms with Crippen LogP contribution in [0.3, 0.4) is 0 Å². The van der Waals surface area contributed by atoms with Gasteiger partial charge in [0.25, 0.3) is 5.91 Å². The predicted octanol–water partition coefficient (Wildman–Crippen LogP) is 2.05. The van der Waals surface area contributed by atoms with Crippen molar-refractivity contribution in [2.45, 2.75) is 12.5 Å². The largest absolute Gasteiger partial charge is 0.506 e. The number of amides is 1. The lowest BCUT2D eigenvalue weighted by Crippen LogP contribution is -2.39. The van der Waals surface area contributed by atoms with Gasteiger partial charge < -0.3 is 25.5 Å². The molecule has 3 heterocycles. The second kappa shape index (κ2) is 7.22. The number of phenolic OH excluding ortho intramolecular Hbond substituents is 1.